The van der Waals surface area contributed by atoms with Crippen LogP contribution in [-0.4, -0.2) is 22.9 Å². The van der Waals surface area contributed by atoms with E-state index < -0.39 is 0 Å². The molecular formula is C8H12N2O2S. The van der Waals surface area contributed by atoms with Gasteiger partial charge in [0.15, 0.2) is 0 Å². The van der Waals surface area contributed by atoms with Crippen LogP contribution in [0.2, 0.25) is 0 Å². The first-order chi connectivity index (χ1) is 6.34. The molecular weight excluding hydrogens is 188 g/mol. The molecule has 0 bridgehead atoms. The summed E-state index contributed by atoms with van der Waals surface area (Å²) in [6.07, 6.45) is 4.48. The number of hydrogen-bond acceptors (Lipinski definition) is 4. The van der Waals surface area contributed by atoms with Crippen molar-refractivity contribution in [3.63, 3.8) is 0 Å². The summed E-state index contributed by atoms with van der Waals surface area (Å²) in [4.78, 5) is 0.339. The zero-order valence-corrected chi connectivity index (χ0v) is 8.10. The molecule has 0 aromatic carbocycles. The molecule has 1 unspecified atom stereocenters. The van der Waals surface area contributed by atoms with Crippen molar-refractivity contribution in [1.29, 1.82) is 0 Å². The first kappa shape index (κ1) is 8.90. The Balaban J connectivity index is 1.93. The second-order valence-corrected chi connectivity index (χ2v) is 3.57. The number of aromatic amines is 1. The highest BCUT2D eigenvalue weighted by Crippen LogP contribution is 2.15. The summed E-state index contributed by atoms with van der Waals surface area (Å²) in [6, 6.07) is 0. The van der Waals surface area contributed by atoms with Crippen molar-refractivity contribution in [2.75, 3.05) is 6.61 Å². The van der Waals surface area contributed by atoms with Crippen molar-refractivity contribution in [1.82, 2.24) is 10.2 Å². The standard InChI is InChI=1S/C8H12N2O2S/c13-8-10-9-7(12-8)5-6-3-1-2-4-11-6/h6H,1-5H2,(H,10,13). The minimum atomic E-state index is 0.259. The summed E-state index contributed by atoms with van der Waals surface area (Å²) in [7, 11) is 0. The molecule has 1 N–H and O–H groups in total. The number of ether oxygens (including phenoxy) is 1. The Bertz CT molecular complexity index is 314. The van der Waals surface area contributed by atoms with Gasteiger partial charge in [0.25, 0.3) is 4.84 Å². The van der Waals surface area contributed by atoms with Gasteiger partial charge < -0.3 is 9.15 Å². The lowest BCUT2D eigenvalue weighted by Gasteiger charge is -2.20. The summed E-state index contributed by atoms with van der Waals surface area (Å²) in [5.41, 5.74) is 0. The Morgan fingerprint density at radius 3 is 3.08 bits per heavy atom. The van der Waals surface area contributed by atoms with Gasteiger partial charge in [0.1, 0.15) is 0 Å². The van der Waals surface area contributed by atoms with Crippen LogP contribution in [0, 0.1) is 4.84 Å². The summed E-state index contributed by atoms with van der Waals surface area (Å²) in [5, 5.41) is 6.53. The van der Waals surface area contributed by atoms with Gasteiger partial charge in [0, 0.05) is 6.61 Å². The van der Waals surface area contributed by atoms with Gasteiger partial charge in [-0.25, -0.2) is 5.10 Å². The summed E-state index contributed by atoms with van der Waals surface area (Å²) >= 11 is 4.78. The van der Waals surface area contributed by atoms with Crippen molar-refractivity contribution in [2.45, 2.75) is 31.8 Å². The second kappa shape index (κ2) is 4.02. The van der Waals surface area contributed by atoms with Crippen LogP contribution < -0.4 is 0 Å². The van der Waals surface area contributed by atoms with E-state index in [0.717, 1.165) is 19.4 Å². The number of H-pyrrole nitrogens is 1. The summed E-state index contributed by atoms with van der Waals surface area (Å²) in [6.45, 7) is 0.857. The third-order valence-corrected chi connectivity index (χ3v) is 2.33. The molecule has 0 aliphatic carbocycles. The molecule has 5 heteroatoms. The Morgan fingerprint density at radius 1 is 1.54 bits per heavy atom. The molecule has 1 aliphatic rings. The average Bonchev–Trinajstić information content (AvgIpc) is 2.53. The van der Waals surface area contributed by atoms with Gasteiger partial charge in [-0.05, 0) is 31.5 Å². The number of aromatic nitrogens is 2. The fourth-order valence-corrected chi connectivity index (χ4v) is 1.65. The maximum absolute atomic E-state index is 5.54. The molecule has 72 valence electrons. The van der Waals surface area contributed by atoms with Gasteiger partial charge in [0.2, 0.25) is 5.89 Å². The molecule has 4 nitrogen and oxygen atoms in total. The van der Waals surface area contributed by atoms with Crippen molar-refractivity contribution >= 4 is 12.2 Å². The average molecular weight is 200 g/mol. The fraction of sp³-hybridized carbons (Fsp3) is 0.750. The number of hydrogen-bond donors (Lipinski definition) is 1. The highest BCUT2D eigenvalue weighted by Gasteiger charge is 2.16. The lowest BCUT2D eigenvalue weighted by atomic mass is 10.1. The van der Waals surface area contributed by atoms with Gasteiger partial charge in [-0.3, -0.25) is 0 Å². The molecule has 1 fully saturated rings. The highest BCUT2D eigenvalue weighted by atomic mass is 32.1. The predicted octanol–water partition coefficient (Wildman–Crippen LogP) is 1.84. The van der Waals surface area contributed by atoms with Gasteiger partial charge in [-0.2, -0.15) is 0 Å². The number of nitrogens with one attached hydrogen (secondary N) is 1. The van der Waals surface area contributed by atoms with Gasteiger partial charge in [-0.1, -0.05) is 0 Å². The predicted molar refractivity (Wildman–Crippen MR) is 49.0 cm³/mol. The normalized spacial score (nSPS) is 23.2. The second-order valence-electron chi connectivity index (χ2n) is 3.20. The van der Waals surface area contributed by atoms with Gasteiger partial charge >= 0.3 is 0 Å². The van der Waals surface area contributed by atoms with Crippen LogP contribution in [-0.2, 0) is 11.2 Å². The van der Waals surface area contributed by atoms with Crippen LogP contribution >= 0.6 is 12.2 Å². The molecule has 1 aliphatic heterocycles. The molecule has 1 aromatic heterocycles. The largest absolute Gasteiger partial charge is 0.414 e. The van der Waals surface area contributed by atoms with Crippen molar-refractivity contribution in [3.05, 3.63) is 10.7 Å². The molecule has 1 aromatic rings. The Labute approximate surface area is 81.3 Å². The monoisotopic (exact) mass is 200 g/mol. The van der Waals surface area contributed by atoms with E-state index in [2.05, 4.69) is 10.2 Å². The van der Waals surface area contributed by atoms with Crippen LogP contribution in [0.25, 0.3) is 0 Å². The molecule has 2 rings (SSSR count). The summed E-state index contributed by atoms with van der Waals surface area (Å²) in [5.74, 6) is 0.650. The van der Waals surface area contributed by atoms with E-state index >= 15 is 0 Å². The van der Waals surface area contributed by atoms with Crippen LogP contribution in [0.5, 0.6) is 0 Å². The van der Waals surface area contributed by atoms with E-state index in [9.17, 15) is 0 Å². The summed E-state index contributed by atoms with van der Waals surface area (Å²) < 4.78 is 10.7. The molecule has 0 spiro atoms. The van der Waals surface area contributed by atoms with Crippen LogP contribution in [0.15, 0.2) is 4.42 Å². The smallest absolute Gasteiger partial charge is 0.284 e. The highest BCUT2D eigenvalue weighted by molar-refractivity contribution is 7.71. The van der Waals surface area contributed by atoms with E-state index in [1.807, 2.05) is 0 Å². The van der Waals surface area contributed by atoms with E-state index in [0.29, 0.717) is 10.7 Å². The third-order valence-electron chi connectivity index (χ3n) is 2.16. The van der Waals surface area contributed by atoms with Crippen molar-refractivity contribution in [2.24, 2.45) is 0 Å². The number of nitrogens with zero attached hydrogens (tertiary/aromatic N) is 1. The Kier molecular flexibility index (Phi) is 2.75. The van der Waals surface area contributed by atoms with E-state index in [1.165, 1.54) is 12.8 Å². The van der Waals surface area contributed by atoms with E-state index in [4.69, 9.17) is 21.4 Å². The molecule has 1 saturated heterocycles. The van der Waals surface area contributed by atoms with E-state index in [1.54, 1.807) is 0 Å². The van der Waals surface area contributed by atoms with E-state index in [-0.39, 0.29) is 6.10 Å². The topological polar surface area (TPSA) is 51.0 Å². The SMILES string of the molecule is S=c1[nH]nc(CC2CCCCO2)o1. The maximum atomic E-state index is 5.54. The molecule has 2 heterocycles. The first-order valence-electron chi connectivity index (χ1n) is 4.50. The zero-order valence-electron chi connectivity index (χ0n) is 7.28. The molecule has 13 heavy (non-hydrogen) atoms. The lowest BCUT2D eigenvalue weighted by Crippen LogP contribution is -2.21. The van der Waals surface area contributed by atoms with Crippen LogP contribution in [0.3, 0.4) is 0 Å². The van der Waals surface area contributed by atoms with Gasteiger partial charge in [0.05, 0.1) is 12.5 Å². The quantitative estimate of drug-likeness (QED) is 0.740. The zero-order chi connectivity index (χ0) is 9.10. The molecule has 0 saturated carbocycles. The van der Waals surface area contributed by atoms with Crippen molar-refractivity contribution < 1.29 is 9.15 Å². The molecule has 1 atom stereocenters. The van der Waals surface area contributed by atoms with Crippen LogP contribution in [0.1, 0.15) is 25.2 Å². The molecule has 0 amide bonds. The minimum absolute atomic E-state index is 0.259. The Morgan fingerprint density at radius 2 is 2.46 bits per heavy atom. The van der Waals surface area contributed by atoms with Gasteiger partial charge in [-0.15, -0.1) is 5.10 Å². The Hall–Kier alpha value is -0.680. The minimum Gasteiger partial charge on any atom is -0.414 e. The lowest BCUT2D eigenvalue weighted by molar-refractivity contribution is 0.0131. The first-order valence-corrected chi connectivity index (χ1v) is 4.91. The maximum Gasteiger partial charge on any atom is 0.284 e. The number of rotatable bonds is 2. The third kappa shape index (κ3) is 2.38. The van der Waals surface area contributed by atoms with Crippen molar-refractivity contribution in [3.8, 4) is 0 Å². The fourth-order valence-electron chi connectivity index (χ4n) is 1.51. The molecule has 0 radical (unpaired) electrons. The van der Waals surface area contributed by atoms with Crippen LogP contribution in [0.4, 0.5) is 0 Å².